The van der Waals surface area contributed by atoms with Crippen molar-refractivity contribution in [1.29, 1.82) is 5.26 Å². The Morgan fingerprint density at radius 1 is 1.29 bits per heavy atom. The predicted molar refractivity (Wildman–Crippen MR) is 110 cm³/mol. The molecule has 0 saturated carbocycles. The summed E-state index contributed by atoms with van der Waals surface area (Å²) in [6.45, 7) is 3.56. The monoisotopic (exact) mass is 430 g/mol. The molecule has 3 aromatic rings. The molecule has 0 aliphatic rings. The zero-order chi connectivity index (χ0) is 22.9. The van der Waals surface area contributed by atoms with Gasteiger partial charge in [-0.3, -0.25) is 4.79 Å². The number of carbonyl (C=O) groups is 1. The van der Waals surface area contributed by atoms with Gasteiger partial charge in [0.2, 0.25) is 5.91 Å². The molecular weight excluding hydrogens is 409 g/mol. The molecule has 0 aliphatic carbocycles. The predicted octanol–water partition coefficient (Wildman–Crippen LogP) is 3.87. The standard InChI is InChI=1S/C21H21F3N6O/c1-12-16(13(2)30-20(27-12)14(10-25)11-26-30)6-8-19(31)28-18-7-5-15(29(3)4)9-17(18)21(22,23)24/h5,7,9,11H,6,8H2,1-4H3,(H,28,31). The van der Waals surface area contributed by atoms with Crippen LogP contribution in [-0.2, 0) is 17.4 Å². The van der Waals surface area contributed by atoms with Gasteiger partial charge in [0.1, 0.15) is 11.6 Å². The molecule has 162 valence electrons. The van der Waals surface area contributed by atoms with Crippen LogP contribution in [0.1, 0.15) is 34.5 Å². The first kappa shape index (κ1) is 22.1. The molecule has 0 saturated heterocycles. The van der Waals surface area contributed by atoms with Gasteiger partial charge in [-0.2, -0.15) is 23.5 Å². The van der Waals surface area contributed by atoms with Gasteiger partial charge in [-0.1, -0.05) is 0 Å². The van der Waals surface area contributed by atoms with Crippen LogP contribution in [0.4, 0.5) is 24.5 Å². The Balaban J connectivity index is 1.81. The third-order valence-corrected chi connectivity index (χ3v) is 5.03. The van der Waals surface area contributed by atoms with Crippen LogP contribution < -0.4 is 10.2 Å². The van der Waals surface area contributed by atoms with Crippen molar-refractivity contribution in [3.05, 3.63) is 52.5 Å². The zero-order valence-corrected chi connectivity index (χ0v) is 17.5. The van der Waals surface area contributed by atoms with E-state index in [9.17, 15) is 18.0 Å². The van der Waals surface area contributed by atoms with Crippen molar-refractivity contribution >= 4 is 22.9 Å². The number of halogens is 3. The van der Waals surface area contributed by atoms with Crippen LogP contribution in [0.5, 0.6) is 0 Å². The van der Waals surface area contributed by atoms with Crippen LogP contribution in [0.2, 0.25) is 0 Å². The molecule has 1 aromatic carbocycles. The lowest BCUT2D eigenvalue weighted by atomic mass is 10.1. The maximum absolute atomic E-state index is 13.5. The van der Waals surface area contributed by atoms with Gasteiger partial charge >= 0.3 is 6.18 Å². The largest absolute Gasteiger partial charge is 0.418 e. The van der Waals surface area contributed by atoms with Crippen molar-refractivity contribution in [3.63, 3.8) is 0 Å². The number of nitrogens with zero attached hydrogens (tertiary/aromatic N) is 5. The second-order valence-corrected chi connectivity index (χ2v) is 7.34. The van der Waals surface area contributed by atoms with Crippen LogP contribution >= 0.6 is 0 Å². The molecule has 2 heterocycles. The highest BCUT2D eigenvalue weighted by Crippen LogP contribution is 2.37. The number of fused-ring (bicyclic) bond motifs is 1. The highest BCUT2D eigenvalue weighted by molar-refractivity contribution is 5.92. The van der Waals surface area contributed by atoms with Crippen molar-refractivity contribution in [2.75, 3.05) is 24.3 Å². The molecule has 0 fully saturated rings. The summed E-state index contributed by atoms with van der Waals surface area (Å²) < 4.78 is 41.9. The summed E-state index contributed by atoms with van der Waals surface area (Å²) in [6, 6.07) is 5.80. The smallest absolute Gasteiger partial charge is 0.378 e. The lowest BCUT2D eigenvalue weighted by molar-refractivity contribution is -0.136. The van der Waals surface area contributed by atoms with E-state index in [4.69, 9.17) is 5.26 Å². The Kier molecular flexibility index (Phi) is 5.88. The molecular formula is C21H21F3N6O. The number of rotatable bonds is 5. The number of hydrogen-bond acceptors (Lipinski definition) is 5. The normalized spacial score (nSPS) is 11.4. The van der Waals surface area contributed by atoms with Gasteiger partial charge in [0.15, 0.2) is 5.65 Å². The molecule has 7 nitrogen and oxygen atoms in total. The van der Waals surface area contributed by atoms with E-state index < -0.39 is 17.6 Å². The van der Waals surface area contributed by atoms with Gasteiger partial charge in [-0.25, -0.2) is 9.50 Å². The average Bonchev–Trinajstić information content (AvgIpc) is 3.10. The number of carbonyl (C=O) groups excluding carboxylic acids is 1. The number of aryl methyl sites for hydroxylation is 2. The fourth-order valence-electron chi connectivity index (χ4n) is 3.36. The number of anilines is 2. The number of benzene rings is 1. The van der Waals surface area contributed by atoms with Crippen molar-refractivity contribution in [1.82, 2.24) is 14.6 Å². The summed E-state index contributed by atoms with van der Waals surface area (Å²) in [4.78, 5) is 18.4. The molecule has 1 amide bonds. The van der Waals surface area contributed by atoms with Crippen molar-refractivity contribution in [2.45, 2.75) is 32.9 Å². The Hall–Kier alpha value is -3.61. The number of amides is 1. The number of alkyl halides is 3. The lowest BCUT2D eigenvalue weighted by Gasteiger charge is -2.19. The minimum absolute atomic E-state index is 0.0338. The summed E-state index contributed by atoms with van der Waals surface area (Å²) in [5.41, 5.74) is 2.10. The van der Waals surface area contributed by atoms with Crippen LogP contribution in [0.25, 0.3) is 5.65 Å². The second kappa shape index (κ2) is 8.26. The Bertz CT molecular complexity index is 1190. The molecule has 0 spiro atoms. The first-order valence-corrected chi connectivity index (χ1v) is 9.45. The molecule has 1 N–H and O–H groups in total. The van der Waals surface area contributed by atoms with Crippen molar-refractivity contribution in [3.8, 4) is 6.07 Å². The molecule has 0 unspecified atom stereocenters. The molecule has 31 heavy (non-hydrogen) atoms. The van der Waals surface area contributed by atoms with Crippen LogP contribution in [0.15, 0.2) is 24.4 Å². The fourth-order valence-corrected chi connectivity index (χ4v) is 3.36. The van der Waals surface area contributed by atoms with Gasteiger partial charge in [0, 0.05) is 37.6 Å². The Morgan fingerprint density at radius 2 is 2.00 bits per heavy atom. The quantitative estimate of drug-likeness (QED) is 0.664. The van der Waals surface area contributed by atoms with Gasteiger partial charge in [-0.05, 0) is 44.0 Å². The van der Waals surface area contributed by atoms with Gasteiger partial charge in [0.05, 0.1) is 17.4 Å². The van der Waals surface area contributed by atoms with Crippen LogP contribution in [0.3, 0.4) is 0 Å². The molecule has 0 atom stereocenters. The lowest BCUT2D eigenvalue weighted by Crippen LogP contribution is -2.19. The summed E-state index contributed by atoms with van der Waals surface area (Å²) in [6.07, 6.45) is -2.95. The van der Waals surface area contributed by atoms with Gasteiger partial charge < -0.3 is 10.2 Å². The van der Waals surface area contributed by atoms with Crippen molar-refractivity contribution in [2.24, 2.45) is 0 Å². The van der Waals surface area contributed by atoms with E-state index in [0.717, 1.165) is 17.3 Å². The first-order valence-electron chi connectivity index (χ1n) is 9.45. The van der Waals surface area contributed by atoms with Crippen LogP contribution in [-0.4, -0.2) is 34.6 Å². The fraction of sp³-hybridized carbons (Fsp3) is 0.333. The van der Waals surface area contributed by atoms with E-state index in [-0.39, 0.29) is 18.5 Å². The third-order valence-electron chi connectivity index (χ3n) is 5.03. The highest BCUT2D eigenvalue weighted by atomic mass is 19.4. The minimum Gasteiger partial charge on any atom is -0.378 e. The van der Waals surface area contributed by atoms with E-state index >= 15 is 0 Å². The zero-order valence-electron chi connectivity index (χ0n) is 17.5. The van der Waals surface area contributed by atoms with Crippen molar-refractivity contribution < 1.29 is 18.0 Å². The van der Waals surface area contributed by atoms with E-state index in [0.29, 0.717) is 22.6 Å². The average molecular weight is 430 g/mol. The Labute approximate surface area is 177 Å². The van der Waals surface area contributed by atoms with Gasteiger partial charge in [0.25, 0.3) is 0 Å². The van der Waals surface area contributed by atoms with Crippen LogP contribution in [0, 0.1) is 25.2 Å². The third kappa shape index (κ3) is 4.45. The van der Waals surface area contributed by atoms with E-state index in [1.165, 1.54) is 22.8 Å². The summed E-state index contributed by atoms with van der Waals surface area (Å²) >= 11 is 0. The summed E-state index contributed by atoms with van der Waals surface area (Å²) in [7, 11) is 3.28. The Morgan fingerprint density at radius 3 is 2.61 bits per heavy atom. The summed E-state index contributed by atoms with van der Waals surface area (Å²) in [5.74, 6) is -0.542. The second-order valence-electron chi connectivity index (χ2n) is 7.34. The minimum atomic E-state index is -4.60. The molecule has 10 heteroatoms. The number of hydrogen-bond donors (Lipinski definition) is 1. The van der Waals surface area contributed by atoms with E-state index in [1.807, 2.05) is 6.07 Å². The molecule has 3 rings (SSSR count). The molecule has 0 radical (unpaired) electrons. The molecule has 0 bridgehead atoms. The molecule has 0 aliphatic heterocycles. The first-order chi connectivity index (χ1) is 14.5. The topological polar surface area (TPSA) is 86.3 Å². The molecule has 2 aromatic heterocycles. The number of nitriles is 1. The summed E-state index contributed by atoms with van der Waals surface area (Å²) in [5, 5.41) is 15.7. The maximum atomic E-state index is 13.5. The highest BCUT2D eigenvalue weighted by Gasteiger charge is 2.34. The number of nitrogens with one attached hydrogen (secondary N) is 1. The van der Waals surface area contributed by atoms with E-state index in [2.05, 4.69) is 15.4 Å². The maximum Gasteiger partial charge on any atom is 0.418 e. The number of aromatic nitrogens is 3. The van der Waals surface area contributed by atoms with Gasteiger partial charge in [-0.15, -0.1) is 0 Å². The SMILES string of the molecule is Cc1nc2c(C#N)cnn2c(C)c1CCC(=O)Nc1ccc(N(C)C)cc1C(F)(F)F. The van der Waals surface area contributed by atoms with E-state index in [1.54, 1.807) is 32.8 Å².